The van der Waals surface area contributed by atoms with Crippen LogP contribution in [0.25, 0.3) is 10.9 Å². The van der Waals surface area contributed by atoms with Crippen LogP contribution in [-0.4, -0.2) is 33.6 Å². The Kier molecular flexibility index (Phi) is 3.52. The second-order valence-corrected chi connectivity index (χ2v) is 6.01. The summed E-state index contributed by atoms with van der Waals surface area (Å²) in [5.74, 6) is 0.0132. The molecule has 1 aliphatic heterocycles. The van der Waals surface area contributed by atoms with Crippen molar-refractivity contribution in [2.75, 3.05) is 7.05 Å². The minimum Gasteiger partial charge on any atom is -0.346 e. The molecule has 1 fully saturated rings. The highest BCUT2D eigenvalue weighted by Crippen LogP contribution is 2.30. The van der Waals surface area contributed by atoms with Gasteiger partial charge in [0.05, 0.1) is 36.5 Å². The van der Waals surface area contributed by atoms with Crippen LogP contribution in [0.2, 0.25) is 0 Å². The van der Waals surface area contributed by atoms with Gasteiger partial charge < -0.3 is 5.32 Å². The summed E-state index contributed by atoms with van der Waals surface area (Å²) in [6.07, 6.45) is 2.61. The van der Waals surface area contributed by atoms with Crippen LogP contribution in [-0.2, 0) is 16.9 Å². The molecular weight excluding hydrogens is 292 g/mol. The maximum absolute atomic E-state index is 12.1. The Morgan fingerprint density at radius 2 is 2.30 bits per heavy atom. The van der Waals surface area contributed by atoms with Crippen molar-refractivity contribution in [3.63, 3.8) is 0 Å². The van der Waals surface area contributed by atoms with Crippen molar-refractivity contribution in [1.82, 2.24) is 20.0 Å². The van der Waals surface area contributed by atoms with E-state index in [-0.39, 0.29) is 18.3 Å². The molecule has 3 rings (SSSR count). The summed E-state index contributed by atoms with van der Waals surface area (Å²) in [5, 5.41) is 25.2. The molecule has 0 spiro atoms. The average molecular weight is 310 g/mol. The lowest BCUT2D eigenvalue weighted by molar-refractivity contribution is -0.129. The van der Waals surface area contributed by atoms with E-state index in [0.29, 0.717) is 13.0 Å². The minimum absolute atomic E-state index is 0.0871. The molecule has 7 heteroatoms. The Bertz CT molecular complexity index is 813. The smallest absolute Gasteiger partial charge is 0.231 e. The van der Waals surface area contributed by atoms with Gasteiger partial charge in [-0.05, 0) is 18.6 Å². The number of aromatic nitrogens is 2. The number of amides is 1. The van der Waals surface area contributed by atoms with Crippen molar-refractivity contribution < 1.29 is 4.79 Å². The predicted molar refractivity (Wildman–Crippen MR) is 85.6 cm³/mol. The molecule has 1 aromatic heterocycles. The molecule has 2 aromatic rings. The number of nitriles is 1. The molecule has 2 N–H and O–H groups in total. The Morgan fingerprint density at radius 1 is 1.52 bits per heavy atom. The van der Waals surface area contributed by atoms with Gasteiger partial charge in [0.2, 0.25) is 5.91 Å². The lowest BCUT2D eigenvalue weighted by Crippen LogP contribution is -2.58. The molecule has 23 heavy (non-hydrogen) atoms. The standard InChI is InChI=1S/C16H18N6O/c1-16(9-14(23)21(2)15(18)19-16)12-5-4-11-10-22(7-3-6-17)20-13(11)8-12/h4-5,8,10H,3,7,9H2,1-2H3,(H2,18,19)/t16-/m0/s1. The normalized spacial score (nSPS) is 21.3. The number of rotatable bonds is 3. The van der Waals surface area contributed by atoms with Gasteiger partial charge in [0.25, 0.3) is 0 Å². The second kappa shape index (κ2) is 5.39. The third kappa shape index (κ3) is 2.63. The highest BCUT2D eigenvalue weighted by molar-refractivity contribution is 5.99. The number of carbonyl (C=O) groups excluding carboxylic acids is 1. The van der Waals surface area contributed by atoms with Crippen molar-refractivity contribution in [3.05, 3.63) is 30.0 Å². The van der Waals surface area contributed by atoms with Crippen molar-refractivity contribution in [2.24, 2.45) is 0 Å². The van der Waals surface area contributed by atoms with Crippen LogP contribution in [0.4, 0.5) is 0 Å². The fourth-order valence-corrected chi connectivity index (χ4v) is 2.80. The van der Waals surface area contributed by atoms with Crippen molar-refractivity contribution >= 4 is 22.8 Å². The van der Waals surface area contributed by atoms with E-state index in [1.807, 2.05) is 31.3 Å². The molecule has 0 bridgehead atoms. The largest absolute Gasteiger partial charge is 0.346 e. The van der Waals surface area contributed by atoms with Crippen molar-refractivity contribution in [3.8, 4) is 6.07 Å². The van der Waals surface area contributed by atoms with E-state index in [1.54, 1.807) is 11.7 Å². The molecule has 0 saturated carbocycles. The minimum atomic E-state index is -0.620. The van der Waals surface area contributed by atoms with Gasteiger partial charge in [-0.1, -0.05) is 12.1 Å². The first kappa shape index (κ1) is 15.0. The van der Waals surface area contributed by atoms with Gasteiger partial charge in [0.1, 0.15) is 0 Å². The second-order valence-electron chi connectivity index (χ2n) is 6.01. The summed E-state index contributed by atoms with van der Waals surface area (Å²) in [6, 6.07) is 7.96. The van der Waals surface area contributed by atoms with E-state index in [4.69, 9.17) is 10.7 Å². The van der Waals surface area contributed by atoms with Crippen molar-refractivity contribution in [1.29, 1.82) is 10.7 Å². The van der Waals surface area contributed by atoms with Gasteiger partial charge in [0, 0.05) is 18.6 Å². The Labute approximate surface area is 134 Å². The van der Waals surface area contributed by atoms with Gasteiger partial charge in [-0.15, -0.1) is 0 Å². The molecule has 1 aromatic carbocycles. The fourth-order valence-electron chi connectivity index (χ4n) is 2.80. The van der Waals surface area contributed by atoms with Crippen LogP contribution >= 0.6 is 0 Å². The maximum Gasteiger partial charge on any atom is 0.231 e. The van der Waals surface area contributed by atoms with Crippen LogP contribution in [0.15, 0.2) is 24.4 Å². The van der Waals surface area contributed by atoms with E-state index < -0.39 is 5.54 Å². The third-order valence-corrected chi connectivity index (χ3v) is 4.25. The summed E-state index contributed by atoms with van der Waals surface area (Å²) in [4.78, 5) is 13.4. The Morgan fingerprint density at radius 3 is 3.00 bits per heavy atom. The highest BCUT2D eigenvalue weighted by atomic mass is 16.2. The van der Waals surface area contributed by atoms with Crippen LogP contribution in [0.1, 0.15) is 25.3 Å². The zero-order chi connectivity index (χ0) is 16.6. The summed E-state index contributed by atoms with van der Waals surface area (Å²) >= 11 is 0. The Hall–Kier alpha value is -2.88. The van der Waals surface area contributed by atoms with Crippen LogP contribution in [0, 0.1) is 16.7 Å². The van der Waals surface area contributed by atoms with E-state index >= 15 is 0 Å². The van der Waals surface area contributed by atoms with Gasteiger partial charge >= 0.3 is 0 Å². The Balaban J connectivity index is 1.95. The van der Waals surface area contributed by atoms with E-state index in [0.717, 1.165) is 16.5 Å². The van der Waals surface area contributed by atoms with Gasteiger partial charge in [-0.2, -0.15) is 10.4 Å². The van der Waals surface area contributed by atoms with E-state index in [1.165, 1.54) is 4.90 Å². The molecule has 0 aliphatic carbocycles. The molecule has 2 heterocycles. The first-order valence-corrected chi connectivity index (χ1v) is 7.41. The van der Waals surface area contributed by atoms with E-state index in [9.17, 15) is 4.79 Å². The SMILES string of the molecule is CN1C(=N)N[C@](C)(c2ccc3cn(CCC#N)nc3c2)CC1=O. The predicted octanol–water partition coefficient (Wildman–Crippen LogP) is 1.55. The van der Waals surface area contributed by atoms with Gasteiger partial charge in [-0.3, -0.25) is 19.8 Å². The number of fused-ring (bicyclic) bond motifs is 1. The molecular formula is C16H18N6O. The van der Waals surface area contributed by atoms with Gasteiger partial charge in [-0.25, -0.2) is 0 Å². The summed E-state index contributed by atoms with van der Waals surface area (Å²) in [6.45, 7) is 2.48. The lowest BCUT2D eigenvalue weighted by Gasteiger charge is -2.39. The average Bonchev–Trinajstić information content (AvgIpc) is 2.92. The number of hydrogen-bond acceptors (Lipinski definition) is 4. The molecule has 7 nitrogen and oxygen atoms in total. The molecule has 1 amide bonds. The summed E-state index contributed by atoms with van der Waals surface area (Å²) in [7, 11) is 1.59. The van der Waals surface area contributed by atoms with Crippen molar-refractivity contribution in [2.45, 2.75) is 31.8 Å². The number of benzene rings is 1. The topological polar surface area (TPSA) is 97.8 Å². The highest BCUT2D eigenvalue weighted by Gasteiger charge is 2.37. The molecule has 0 radical (unpaired) electrons. The molecule has 0 unspecified atom stereocenters. The number of nitrogens with zero attached hydrogens (tertiary/aromatic N) is 4. The number of carbonyl (C=O) groups is 1. The van der Waals surface area contributed by atoms with Crippen LogP contribution in [0.3, 0.4) is 0 Å². The summed E-state index contributed by atoms with van der Waals surface area (Å²) < 4.78 is 1.76. The number of nitrogens with one attached hydrogen (secondary N) is 2. The van der Waals surface area contributed by atoms with Crippen LogP contribution < -0.4 is 5.32 Å². The first-order valence-electron chi connectivity index (χ1n) is 7.41. The number of guanidine groups is 1. The quantitative estimate of drug-likeness (QED) is 0.898. The lowest BCUT2D eigenvalue weighted by atomic mass is 9.86. The monoisotopic (exact) mass is 310 g/mol. The number of hydrogen-bond donors (Lipinski definition) is 2. The zero-order valence-corrected chi connectivity index (χ0v) is 13.1. The van der Waals surface area contributed by atoms with E-state index in [2.05, 4.69) is 16.5 Å². The zero-order valence-electron chi connectivity index (χ0n) is 13.1. The molecule has 1 aliphatic rings. The maximum atomic E-state index is 12.1. The molecule has 1 saturated heterocycles. The fraction of sp³-hybridized carbons (Fsp3) is 0.375. The van der Waals surface area contributed by atoms with Gasteiger partial charge in [0.15, 0.2) is 5.96 Å². The third-order valence-electron chi connectivity index (χ3n) is 4.25. The number of aryl methyl sites for hydroxylation is 1. The van der Waals surface area contributed by atoms with Crippen LogP contribution in [0.5, 0.6) is 0 Å². The summed E-state index contributed by atoms with van der Waals surface area (Å²) in [5.41, 5.74) is 1.12. The first-order chi connectivity index (χ1) is 10.9. The molecule has 1 atom stereocenters. The molecule has 118 valence electrons.